The third-order valence-electron chi connectivity index (χ3n) is 18.7. The number of ether oxygens (including phenoxy) is 2. The Balaban J connectivity index is 0.000000212. The van der Waals surface area contributed by atoms with Crippen molar-refractivity contribution < 1.29 is 19.1 Å². The van der Waals surface area contributed by atoms with E-state index in [1.165, 1.54) is 51.4 Å². The van der Waals surface area contributed by atoms with Crippen LogP contribution in [0, 0.1) is 6.92 Å². The zero-order chi connectivity index (χ0) is 69.5. The lowest BCUT2D eigenvalue weighted by atomic mass is 9.78. The van der Waals surface area contributed by atoms with Crippen LogP contribution < -0.4 is 19.4 Å². The lowest BCUT2D eigenvalue weighted by Crippen LogP contribution is -2.19. The van der Waals surface area contributed by atoms with E-state index in [-0.39, 0.29) is 17.2 Å². The molecule has 101 heavy (non-hydrogen) atoms. The van der Waals surface area contributed by atoms with Crippen LogP contribution in [-0.2, 0) is 27.8 Å². The lowest BCUT2D eigenvalue weighted by molar-refractivity contribution is -0.131. The number of carbonyl (C=O) groups excluding carboxylic acids is 2. The monoisotopic (exact) mass is 1320 g/mol. The van der Waals surface area contributed by atoms with E-state index in [0.29, 0.717) is 30.8 Å². The van der Waals surface area contributed by atoms with Crippen LogP contribution in [0.25, 0.3) is 34.9 Å². The molecule has 7 nitrogen and oxygen atoms in total. The number of para-hydroxylation sites is 3. The first kappa shape index (κ1) is 67.4. The van der Waals surface area contributed by atoms with Crippen LogP contribution in [0.4, 0.5) is 51.2 Å². The number of benzene rings is 13. The van der Waals surface area contributed by atoms with Gasteiger partial charge in [-0.05, 0) is 214 Å². The quantitative estimate of drug-likeness (QED) is 0.0403. The molecular weight excluding hydrogens is 1240 g/mol. The SMILES string of the molecule is COCCc1ccc(N(c2ccccc2)c2ccc(-c3ccc(N(c4ccccc4)c4cccc(CCC(=O)c5ccc(C(C)(C)c6ccc(OC(C)=O)cc6)cc5)c4)cc3)cc2)cc1.Cc1ccc(N(c2ccccc2)c2ccc(C=C3c4ccccc4C=Cc4ccccc43)cc2)cc1. The number of rotatable bonds is 21. The first-order chi connectivity index (χ1) is 49.4. The molecule has 0 fully saturated rings. The highest BCUT2D eigenvalue weighted by Crippen LogP contribution is 2.42. The van der Waals surface area contributed by atoms with E-state index in [4.69, 9.17) is 9.47 Å². The lowest BCUT2D eigenvalue weighted by Gasteiger charge is -2.26. The Labute approximate surface area is 594 Å². The van der Waals surface area contributed by atoms with Gasteiger partial charge in [-0.1, -0.05) is 244 Å². The molecule has 0 unspecified atom stereocenters. The van der Waals surface area contributed by atoms with Gasteiger partial charge in [-0.3, -0.25) is 9.59 Å². The second kappa shape index (κ2) is 31.6. The van der Waals surface area contributed by atoms with Gasteiger partial charge in [0.1, 0.15) is 5.75 Å². The van der Waals surface area contributed by atoms with E-state index in [2.05, 4.69) is 327 Å². The smallest absolute Gasteiger partial charge is 0.308 e. The number of anilines is 9. The van der Waals surface area contributed by atoms with E-state index in [1.54, 1.807) is 7.11 Å². The summed E-state index contributed by atoms with van der Waals surface area (Å²) in [5.74, 6) is 0.283. The van der Waals surface area contributed by atoms with Crippen molar-refractivity contribution in [3.8, 4) is 16.9 Å². The second-order valence-corrected chi connectivity index (χ2v) is 25.9. The molecular formula is C94H81N3O4. The highest BCUT2D eigenvalue weighted by atomic mass is 16.5. The van der Waals surface area contributed by atoms with Crippen LogP contribution in [0.3, 0.4) is 0 Å². The Hall–Kier alpha value is -12.2. The molecule has 0 bridgehead atoms. The summed E-state index contributed by atoms with van der Waals surface area (Å²) in [7, 11) is 1.74. The highest BCUT2D eigenvalue weighted by molar-refractivity contribution is 6.00. The summed E-state index contributed by atoms with van der Waals surface area (Å²) >= 11 is 0. The Morgan fingerprint density at radius 2 is 0.802 bits per heavy atom. The fourth-order valence-corrected chi connectivity index (χ4v) is 13.1. The predicted molar refractivity (Wildman–Crippen MR) is 420 cm³/mol. The largest absolute Gasteiger partial charge is 0.427 e. The second-order valence-electron chi connectivity index (χ2n) is 25.9. The molecule has 0 spiro atoms. The third-order valence-corrected chi connectivity index (χ3v) is 18.7. The Morgan fingerprint density at radius 3 is 1.28 bits per heavy atom. The highest BCUT2D eigenvalue weighted by Gasteiger charge is 2.25. The number of hydrogen-bond donors (Lipinski definition) is 0. The number of nitrogens with zero attached hydrogens (tertiary/aromatic N) is 3. The summed E-state index contributed by atoms with van der Waals surface area (Å²) in [6.07, 6.45) is 8.65. The van der Waals surface area contributed by atoms with Crippen molar-refractivity contribution in [3.05, 3.63) is 395 Å². The van der Waals surface area contributed by atoms with E-state index < -0.39 is 0 Å². The van der Waals surface area contributed by atoms with Gasteiger partial charge in [-0.2, -0.15) is 0 Å². The Bertz CT molecular complexity index is 4920. The van der Waals surface area contributed by atoms with Gasteiger partial charge >= 0.3 is 5.97 Å². The van der Waals surface area contributed by atoms with Crippen LogP contribution in [0.2, 0.25) is 0 Å². The van der Waals surface area contributed by atoms with Gasteiger partial charge in [0, 0.05) is 82.6 Å². The van der Waals surface area contributed by atoms with Crippen LogP contribution >= 0.6 is 0 Å². The average molecular weight is 1320 g/mol. The molecule has 1 aliphatic carbocycles. The van der Waals surface area contributed by atoms with E-state index >= 15 is 0 Å². The number of esters is 1. The number of carbonyl (C=O) groups is 2. The maximum Gasteiger partial charge on any atom is 0.308 e. The maximum atomic E-state index is 13.5. The molecule has 14 rings (SSSR count). The average Bonchev–Trinajstić information content (AvgIpc) is 1.65. The van der Waals surface area contributed by atoms with Crippen molar-refractivity contribution in [1.29, 1.82) is 0 Å². The normalized spacial score (nSPS) is 11.4. The van der Waals surface area contributed by atoms with Crippen LogP contribution in [0.1, 0.15) is 93.2 Å². The zero-order valence-corrected chi connectivity index (χ0v) is 57.8. The van der Waals surface area contributed by atoms with Crippen molar-refractivity contribution in [2.75, 3.05) is 28.4 Å². The molecule has 0 saturated carbocycles. The number of ketones is 1. The number of methoxy groups -OCH3 is 1. The van der Waals surface area contributed by atoms with Gasteiger partial charge < -0.3 is 24.2 Å². The molecule has 13 aromatic carbocycles. The summed E-state index contributed by atoms with van der Waals surface area (Å²) < 4.78 is 10.5. The molecule has 13 aromatic rings. The first-order valence-electron chi connectivity index (χ1n) is 34.5. The minimum atomic E-state index is -0.344. The maximum absolute atomic E-state index is 13.5. The van der Waals surface area contributed by atoms with Gasteiger partial charge in [0.05, 0.1) is 6.61 Å². The molecule has 496 valence electrons. The number of hydrogen-bond acceptors (Lipinski definition) is 7. The number of fused-ring (bicyclic) bond motifs is 2. The van der Waals surface area contributed by atoms with Crippen molar-refractivity contribution in [2.45, 2.75) is 52.4 Å². The zero-order valence-electron chi connectivity index (χ0n) is 57.8. The summed E-state index contributed by atoms with van der Waals surface area (Å²) in [6, 6.07) is 116. The topological polar surface area (TPSA) is 62.3 Å². The molecule has 0 aromatic heterocycles. The molecule has 0 saturated heterocycles. The summed E-state index contributed by atoms with van der Waals surface area (Å²) in [5, 5.41) is 0. The molecule has 0 atom stereocenters. The van der Waals surface area contributed by atoms with Gasteiger partial charge in [-0.15, -0.1) is 0 Å². The van der Waals surface area contributed by atoms with Crippen molar-refractivity contribution in [3.63, 3.8) is 0 Å². The van der Waals surface area contributed by atoms with Crippen LogP contribution in [0.5, 0.6) is 5.75 Å². The standard InChI is InChI=1S/C59H54N2O4.C35H27N/c1-43(62)65-57-37-29-50(30-38-57)59(2,3)49-27-21-48(22-28-49)58(63)39-20-45-12-11-17-56(42-45)61(52-15-9-6-10-16-52)55-35-25-47(26-36-55)46-23-33-54(34-24-46)60(51-13-7-5-8-14-51)53-31-18-44(19-32-53)40-41-64-4;1-26-15-21-31(22-16-26)36(30-11-3-2-4-12-30)32-23-17-27(18-24-32)25-35-33-13-7-5-9-28(33)19-20-29-10-6-8-14-34(29)35/h5-19,21-38,42H,20,39-41H2,1-4H3;2-25H,1H3. The van der Waals surface area contributed by atoms with E-state index in [9.17, 15) is 9.59 Å². The molecule has 7 heteroatoms. The van der Waals surface area contributed by atoms with E-state index in [0.717, 1.165) is 85.4 Å². The van der Waals surface area contributed by atoms with Crippen molar-refractivity contribution in [2.24, 2.45) is 0 Å². The van der Waals surface area contributed by atoms with Gasteiger partial charge in [-0.25, -0.2) is 0 Å². The molecule has 1 aliphatic rings. The summed E-state index contributed by atoms with van der Waals surface area (Å²) in [5.41, 5.74) is 25.7. The molecule has 0 N–H and O–H groups in total. The molecule has 0 radical (unpaired) electrons. The van der Waals surface area contributed by atoms with Gasteiger partial charge in [0.25, 0.3) is 0 Å². The van der Waals surface area contributed by atoms with Crippen molar-refractivity contribution >= 4 is 86.7 Å². The van der Waals surface area contributed by atoms with Crippen LogP contribution in [-0.4, -0.2) is 25.5 Å². The summed E-state index contributed by atoms with van der Waals surface area (Å²) in [6.45, 7) is 8.51. The fraction of sp³-hybridized carbons (Fsp3) is 0.106. The van der Waals surface area contributed by atoms with Crippen molar-refractivity contribution in [1.82, 2.24) is 0 Å². The van der Waals surface area contributed by atoms with Gasteiger partial charge in [0.15, 0.2) is 5.78 Å². The fourth-order valence-electron chi connectivity index (χ4n) is 13.1. The van der Waals surface area contributed by atoms with Crippen LogP contribution in [0.15, 0.2) is 334 Å². The Kier molecular flexibility index (Phi) is 21.1. The minimum absolute atomic E-state index is 0.106. The third kappa shape index (κ3) is 16.2. The predicted octanol–water partition coefficient (Wildman–Crippen LogP) is 24.1. The molecule has 0 amide bonds. The van der Waals surface area contributed by atoms with E-state index in [1.807, 2.05) is 60.7 Å². The van der Waals surface area contributed by atoms with Gasteiger partial charge in [0.2, 0.25) is 0 Å². The Morgan fingerprint density at radius 1 is 0.396 bits per heavy atom. The number of aryl methyl sites for hydroxylation is 2. The molecule has 0 aliphatic heterocycles. The number of Topliss-reactive ketones (excluding diaryl/α,β-unsaturated/α-hetero) is 1. The first-order valence-corrected chi connectivity index (χ1v) is 34.5. The summed E-state index contributed by atoms with van der Waals surface area (Å²) in [4.78, 5) is 31.8. The minimum Gasteiger partial charge on any atom is -0.427 e. The molecule has 0 heterocycles.